The molecule has 4 rings (SSSR count). The Labute approximate surface area is 180 Å². The lowest BCUT2D eigenvalue weighted by atomic mass is 10.1. The molecule has 0 unspecified atom stereocenters. The van der Waals surface area contributed by atoms with E-state index in [9.17, 15) is 22.8 Å². The fourth-order valence-corrected chi connectivity index (χ4v) is 3.17. The van der Waals surface area contributed by atoms with Gasteiger partial charge in [-0.25, -0.2) is 9.50 Å². The maximum Gasteiger partial charge on any atom is 0.433 e. The van der Waals surface area contributed by atoms with E-state index < -0.39 is 17.8 Å². The molecule has 0 saturated carbocycles. The van der Waals surface area contributed by atoms with Gasteiger partial charge in [-0.05, 0) is 32.0 Å². The molecule has 0 aliphatic rings. The number of benzene rings is 2. The zero-order chi connectivity index (χ0) is 23.0. The molecule has 0 aliphatic carbocycles. The highest BCUT2D eigenvalue weighted by Gasteiger charge is 2.35. The van der Waals surface area contributed by atoms with Crippen molar-refractivity contribution in [1.82, 2.24) is 14.6 Å². The third kappa shape index (κ3) is 4.22. The van der Waals surface area contributed by atoms with Crippen LogP contribution in [0.3, 0.4) is 0 Å². The van der Waals surface area contributed by atoms with Gasteiger partial charge in [0.25, 0.3) is 5.91 Å². The molecule has 0 saturated heterocycles. The van der Waals surface area contributed by atoms with Crippen LogP contribution < -0.4 is 5.32 Å². The van der Waals surface area contributed by atoms with E-state index >= 15 is 0 Å². The number of alkyl halides is 3. The molecule has 9 heteroatoms. The van der Waals surface area contributed by atoms with Crippen LogP contribution in [0.25, 0.3) is 16.9 Å². The number of nitrogens with one attached hydrogen (secondary N) is 1. The van der Waals surface area contributed by atoms with Crippen molar-refractivity contribution >= 4 is 23.0 Å². The highest BCUT2D eigenvalue weighted by atomic mass is 19.4. The molecule has 0 atom stereocenters. The van der Waals surface area contributed by atoms with Gasteiger partial charge in [-0.15, -0.1) is 0 Å². The fourth-order valence-electron chi connectivity index (χ4n) is 3.17. The molecule has 6 nitrogen and oxygen atoms in total. The maximum atomic E-state index is 13.7. The predicted octanol–water partition coefficient (Wildman–Crippen LogP) is 5.18. The van der Waals surface area contributed by atoms with Gasteiger partial charge >= 0.3 is 6.18 Å². The molecule has 2 heterocycles. The molecule has 0 spiro atoms. The number of aromatic nitrogens is 3. The Hall–Kier alpha value is -4.01. The Bertz CT molecular complexity index is 1340. The summed E-state index contributed by atoms with van der Waals surface area (Å²) in [4.78, 5) is 28.4. The Morgan fingerprint density at radius 2 is 1.72 bits per heavy atom. The maximum absolute atomic E-state index is 13.7. The molecule has 1 N–H and O–H groups in total. The second-order valence-electron chi connectivity index (χ2n) is 7.28. The van der Waals surface area contributed by atoms with E-state index in [1.165, 1.54) is 19.1 Å². The number of rotatable bonds is 4. The number of ketones is 1. The van der Waals surface area contributed by atoms with E-state index in [1.54, 1.807) is 42.5 Å². The van der Waals surface area contributed by atoms with Crippen molar-refractivity contribution in [3.05, 3.63) is 83.2 Å². The van der Waals surface area contributed by atoms with Crippen LogP contribution in [0.1, 0.15) is 39.0 Å². The molecule has 0 bridgehead atoms. The van der Waals surface area contributed by atoms with Crippen LogP contribution >= 0.6 is 0 Å². The number of fused-ring (bicyclic) bond motifs is 1. The highest BCUT2D eigenvalue weighted by molar-refractivity contribution is 6.04. The SMILES string of the molecule is CC(=O)c1cccc(NC(=O)c2cc3nc(-c4ccc(C)cc4)cc(C(F)(F)F)n3n2)c1. The quantitative estimate of drug-likeness (QED) is 0.446. The summed E-state index contributed by atoms with van der Waals surface area (Å²) in [5, 5.41) is 6.39. The lowest BCUT2D eigenvalue weighted by Gasteiger charge is -2.11. The summed E-state index contributed by atoms with van der Waals surface area (Å²) in [6.45, 7) is 3.26. The van der Waals surface area contributed by atoms with Crippen LogP contribution in [-0.4, -0.2) is 26.3 Å². The largest absolute Gasteiger partial charge is 0.433 e. The topological polar surface area (TPSA) is 76.4 Å². The molecule has 2 aromatic carbocycles. The van der Waals surface area contributed by atoms with Gasteiger partial charge in [0.1, 0.15) is 0 Å². The lowest BCUT2D eigenvalue weighted by molar-refractivity contribution is -0.142. The minimum atomic E-state index is -4.71. The third-order valence-electron chi connectivity index (χ3n) is 4.82. The summed E-state index contributed by atoms with van der Waals surface area (Å²) in [6, 6.07) is 15.2. The second-order valence-corrected chi connectivity index (χ2v) is 7.28. The monoisotopic (exact) mass is 438 g/mol. The van der Waals surface area contributed by atoms with Crippen molar-refractivity contribution < 1.29 is 22.8 Å². The average Bonchev–Trinajstić information content (AvgIpc) is 3.17. The van der Waals surface area contributed by atoms with Crippen molar-refractivity contribution in [2.45, 2.75) is 20.0 Å². The van der Waals surface area contributed by atoms with Crippen LogP contribution in [0.5, 0.6) is 0 Å². The number of hydrogen-bond donors (Lipinski definition) is 1. The summed E-state index contributed by atoms with van der Waals surface area (Å²) < 4.78 is 41.8. The van der Waals surface area contributed by atoms with E-state index in [1.807, 2.05) is 6.92 Å². The fraction of sp³-hybridized carbons (Fsp3) is 0.130. The van der Waals surface area contributed by atoms with Gasteiger partial charge in [0.2, 0.25) is 0 Å². The highest BCUT2D eigenvalue weighted by Crippen LogP contribution is 2.32. The zero-order valence-electron chi connectivity index (χ0n) is 17.1. The number of anilines is 1. The summed E-state index contributed by atoms with van der Waals surface area (Å²) in [5.41, 5.74) is 0.905. The molecule has 0 radical (unpaired) electrons. The molecule has 0 fully saturated rings. The lowest BCUT2D eigenvalue weighted by Crippen LogP contribution is -2.16. The Kier molecular flexibility index (Phi) is 5.25. The summed E-state index contributed by atoms with van der Waals surface area (Å²) in [5.74, 6) is -0.905. The number of carbonyl (C=O) groups is 2. The number of nitrogens with zero attached hydrogens (tertiary/aromatic N) is 3. The van der Waals surface area contributed by atoms with Crippen LogP contribution in [0.15, 0.2) is 60.7 Å². The Morgan fingerprint density at radius 1 is 1.00 bits per heavy atom. The van der Waals surface area contributed by atoms with Crippen molar-refractivity contribution in [3.63, 3.8) is 0 Å². The van der Waals surface area contributed by atoms with Crippen molar-refractivity contribution in [1.29, 1.82) is 0 Å². The van der Waals surface area contributed by atoms with Gasteiger partial charge in [-0.3, -0.25) is 9.59 Å². The van der Waals surface area contributed by atoms with E-state index in [-0.39, 0.29) is 22.8 Å². The molecule has 32 heavy (non-hydrogen) atoms. The van der Waals surface area contributed by atoms with Gasteiger partial charge in [0.15, 0.2) is 22.8 Å². The molecule has 4 aromatic rings. The van der Waals surface area contributed by atoms with Crippen LogP contribution in [0, 0.1) is 6.92 Å². The number of hydrogen-bond acceptors (Lipinski definition) is 4. The number of aryl methyl sites for hydroxylation is 1. The number of Topliss-reactive ketones (excluding diaryl/α,β-unsaturated/α-hetero) is 1. The first-order valence-electron chi connectivity index (χ1n) is 9.59. The van der Waals surface area contributed by atoms with Gasteiger partial charge in [0, 0.05) is 22.9 Å². The zero-order valence-corrected chi connectivity index (χ0v) is 17.1. The van der Waals surface area contributed by atoms with E-state index in [4.69, 9.17) is 0 Å². The van der Waals surface area contributed by atoms with Crippen LogP contribution in [0.2, 0.25) is 0 Å². The summed E-state index contributed by atoms with van der Waals surface area (Å²) >= 11 is 0. The standard InChI is InChI=1S/C23H17F3N4O2/c1-13-6-8-15(9-7-13)18-11-20(23(24,25)26)30-21(28-18)12-19(29-30)22(32)27-17-5-3-4-16(10-17)14(2)31/h3-12H,1-2H3,(H,27,32). The van der Waals surface area contributed by atoms with Gasteiger partial charge in [-0.2, -0.15) is 18.3 Å². The van der Waals surface area contributed by atoms with Gasteiger partial charge in [-0.1, -0.05) is 42.0 Å². The summed E-state index contributed by atoms with van der Waals surface area (Å²) in [7, 11) is 0. The molecular weight excluding hydrogens is 421 g/mol. The Morgan fingerprint density at radius 3 is 2.38 bits per heavy atom. The molecule has 162 valence electrons. The van der Waals surface area contributed by atoms with Crippen molar-refractivity contribution in [3.8, 4) is 11.3 Å². The third-order valence-corrected chi connectivity index (χ3v) is 4.82. The van der Waals surface area contributed by atoms with Crippen molar-refractivity contribution in [2.75, 3.05) is 5.32 Å². The number of carbonyl (C=O) groups excluding carboxylic acids is 2. The van der Waals surface area contributed by atoms with Crippen molar-refractivity contribution in [2.24, 2.45) is 0 Å². The molecule has 2 aromatic heterocycles. The van der Waals surface area contributed by atoms with E-state index in [0.29, 0.717) is 21.3 Å². The first-order valence-corrected chi connectivity index (χ1v) is 9.59. The average molecular weight is 438 g/mol. The minimum Gasteiger partial charge on any atom is -0.321 e. The first kappa shape index (κ1) is 21.2. The number of amides is 1. The molecule has 0 aliphatic heterocycles. The van der Waals surface area contributed by atoms with Gasteiger partial charge in [0.05, 0.1) is 5.69 Å². The molecule has 1 amide bonds. The van der Waals surface area contributed by atoms with Crippen LogP contribution in [-0.2, 0) is 6.18 Å². The number of halogens is 3. The summed E-state index contributed by atoms with van der Waals surface area (Å²) in [6.07, 6.45) is -4.71. The van der Waals surface area contributed by atoms with E-state index in [2.05, 4.69) is 15.4 Å². The Balaban J connectivity index is 1.75. The second kappa shape index (κ2) is 7.92. The predicted molar refractivity (Wildman–Crippen MR) is 113 cm³/mol. The molecular formula is C23H17F3N4O2. The van der Waals surface area contributed by atoms with E-state index in [0.717, 1.165) is 11.6 Å². The first-order chi connectivity index (χ1) is 15.1. The van der Waals surface area contributed by atoms with Gasteiger partial charge < -0.3 is 5.32 Å². The minimum absolute atomic E-state index is 0.113. The smallest absolute Gasteiger partial charge is 0.321 e. The van der Waals surface area contributed by atoms with Crippen LogP contribution in [0.4, 0.5) is 18.9 Å². The normalized spacial score (nSPS) is 11.5.